The summed E-state index contributed by atoms with van der Waals surface area (Å²) in [7, 11) is 1.08. The standard InChI is InChI=1S/C8H8BrN3O5/c1-17-7(15)5-4(10-3(13)2-9)6(14)12-8(16)11-5/h2H2,1H3,(H,10,13)(H2,11,12,14,16). The fraction of sp³-hybridized carbons (Fsp3) is 0.250. The van der Waals surface area contributed by atoms with Crippen molar-refractivity contribution in [3.63, 3.8) is 0 Å². The monoisotopic (exact) mass is 305 g/mol. The van der Waals surface area contributed by atoms with Crippen LogP contribution in [0.15, 0.2) is 9.59 Å². The number of hydrogen-bond donors (Lipinski definition) is 3. The van der Waals surface area contributed by atoms with Crippen molar-refractivity contribution in [2.24, 2.45) is 0 Å². The highest BCUT2D eigenvalue weighted by Gasteiger charge is 2.18. The maximum Gasteiger partial charge on any atom is 0.357 e. The fourth-order valence-corrected chi connectivity index (χ4v) is 1.17. The molecule has 0 unspecified atom stereocenters. The smallest absolute Gasteiger partial charge is 0.357 e. The van der Waals surface area contributed by atoms with Gasteiger partial charge in [-0.15, -0.1) is 0 Å². The quantitative estimate of drug-likeness (QED) is 0.498. The molecule has 3 N–H and O–H groups in total. The lowest BCUT2D eigenvalue weighted by molar-refractivity contribution is -0.113. The van der Waals surface area contributed by atoms with Gasteiger partial charge in [-0.05, 0) is 0 Å². The molecule has 1 aromatic heterocycles. The van der Waals surface area contributed by atoms with E-state index in [0.717, 1.165) is 7.11 Å². The van der Waals surface area contributed by atoms with Crippen LogP contribution in [0, 0.1) is 0 Å². The number of aromatic amines is 2. The molecule has 0 aliphatic carbocycles. The van der Waals surface area contributed by atoms with Crippen LogP contribution in [0.1, 0.15) is 10.5 Å². The van der Waals surface area contributed by atoms with E-state index < -0.39 is 28.8 Å². The number of anilines is 1. The molecule has 0 bridgehead atoms. The molecule has 0 aromatic carbocycles. The van der Waals surface area contributed by atoms with Gasteiger partial charge in [0.25, 0.3) is 5.56 Å². The molecule has 0 aliphatic heterocycles. The average molecular weight is 306 g/mol. The summed E-state index contributed by atoms with van der Waals surface area (Å²) in [5.41, 5.74) is -2.52. The van der Waals surface area contributed by atoms with E-state index in [1.54, 1.807) is 0 Å². The van der Waals surface area contributed by atoms with Crippen LogP contribution in [0.3, 0.4) is 0 Å². The summed E-state index contributed by atoms with van der Waals surface area (Å²) in [5.74, 6) is -1.48. The van der Waals surface area contributed by atoms with Gasteiger partial charge in [0.15, 0.2) is 5.69 Å². The van der Waals surface area contributed by atoms with E-state index in [2.05, 4.69) is 31.0 Å². The molecule has 0 spiro atoms. The van der Waals surface area contributed by atoms with E-state index in [4.69, 9.17) is 0 Å². The molecule has 1 heterocycles. The van der Waals surface area contributed by atoms with Gasteiger partial charge in [-0.1, -0.05) is 15.9 Å². The third-order valence-corrected chi connectivity index (χ3v) is 2.23. The van der Waals surface area contributed by atoms with Gasteiger partial charge in [0, 0.05) is 0 Å². The lowest BCUT2D eigenvalue weighted by atomic mass is 10.3. The molecular weight excluding hydrogens is 298 g/mol. The van der Waals surface area contributed by atoms with Crippen molar-refractivity contribution in [1.82, 2.24) is 9.97 Å². The van der Waals surface area contributed by atoms with Crippen molar-refractivity contribution in [1.29, 1.82) is 0 Å². The van der Waals surface area contributed by atoms with Crippen molar-refractivity contribution in [2.45, 2.75) is 0 Å². The number of carbonyl (C=O) groups is 2. The number of nitrogens with one attached hydrogen (secondary N) is 3. The maximum absolute atomic E-state index is 11.4. The lowest BCUT2D eigenvalue weighted by Crippen LogP contribution is -2.31. The van der Waals surface area contributed by atoms with Crippen LogP contribution >= 0.6 is 15.9 Å². The number of halogens is 1. The van der Waals surface area contributed by atoms with E-state index in [9.17, 15) is 19.2 Å². The number of rotatable bonds is 3. The number of methoxy groups -OCH3 is 1. The van der Waals surface area contributed by atoms with E-state index in [-0.39, 0.29) is 11.0 Å². The summed E-state index contributed by atoms with van der Waals surface area (Å²) in [6.07, 6.45) is 0. The number of amides is 1. The minimum atomic E-state index is -0.932. The Labute approximate surface area is 103 Å². The van der Waals surface area contributed by atoms with Crippen LogP contribution in [0.2, 0.25) is 0 Å². The molecule has 0 atom stereocenters. The molecule has 1 amide bonds. The Morgan fingerprint density at radius 3 is 2.53 bits per heavy atom. The van der Waals surface area contributed by atoms with Gasteiger partial charge in [0.2, 0.25) is 5.91 Å². The highest BCUT2D eigenvalue weighted by atomic mass is 79.9. The Balaban J connectivity index is 3.35. The van der Waals surface area contributed by atoms with Crippen molar-refractivity contribution in [2.75, 3.05) is 17.8 Å². The molecule has 0 fully saturated rings. The predicted octanol–water partition coefficient (Wildman–Crippen LogP) is -0.817. The van der Waals surface area contributed by atoms with Gasteiger partial charge in [-0.25, -0.2) is 9.59 Å². The van der Waals surface area contributed by atoms with Crippen molar-refractivity contribution >= 4 is 33.5 Å². The van der Waals surface area contributed by atoms with E-state index in [1.165, 1.54) is 0 Å². The van der Waals surface area contributed by atoms with Gasteiger partial charge >= 0.3 is 11.7 Å². The first kappa shape index (κ1) is 13.2. The molecule has 9 heteroatoms. The van der Waals surface area contributed by atoms with Crippen LogP contribution in [-0.2, 0) is 9.53 Å². The molecular formula is C8H8BrN3O5. The SMILES string of the molecule is COC(=O)c1[nH]c(=O)[nH]c(=O)c1NC(=O)CBr. The normalized spacial score (nSPS) is 9.76. The second-order valence-electron chi connectivity index (χ2n) is 2.83. The fourth-order valence-electron chi connectivity index (χ4n) is 1.03. The predicted molar refractivity (Wildman–Crippen MR) is 61.4 cm³/mol. The van der Waals surface area contributed by atoms with E-state index in [1.807, 2.05) is 4.98 Å². The Hall–Kier alpha value is -1.90. The summed E-state index contributed by atoms with van der Waals surface area (Å²) in [6, 6.07) is 0. The largest absolute Gasteiger partial charge is 0.464 e. The number of esters is 1. The van der Waals surface area contributed by atoms with Crippen LogP contribution < -0.4 is 16.6 Å². The number of ether oxygens (including phenoxy) is 1. The minimum absolute atomic E-state index is 0.0633. The van der Waals surface area contributed by atoms with Crippen LogP contribution in [0.5, 0.6) is 0 Å². The van der Waals surface area contributed by atoms with E-state index >= 15 is 0 Å². The number of H-pyrrole nitrogens is 2. The zero-order valence-electron chi connectivity index (χ0n) is 8.63. The molecule has 0 saturated carbocycles. The molecule has 0 aliphatic rings. The average Bonchev–Trinajstić information content (AvgIpc) is 2.30. The van der Waals surface area contributed by atoms with Crippen LogP contribution in [-0.4, -0.2) is 34.3 Å². The molecule has 0 saturated heterocycles. The molecule has 92 valence electrons. The molecule has 0 radical (unpaired) electrons. The first-order valence-electron chi connectivity index (χ1n) is 4.30. The molecule has 1 aromatic rings. The third-order valence-electron chi connectivity index (χ3n) is 1.72. The van der Waals surface area contributed by atoms with Crippen molar-refractivity contribution in [3.05, 3.63) is 26.5 Å². The second-order valence-corrected chi connectivity index (χ2v) is 3.39. The van der Waals surface area contributed by atoms with Gasteiger partial charge in [-0.3, -0.25) is 19.6 Å². The van der Waals surface area contributed by atoms with Gasteiger partial charge in [0.05, 0.1) is 12.4 Å². The van der Waals surface area contributed by atoms with Gasteiger partial charge in [0.1, 0.15) is 5.69 Å². The Morgan fingerprint density at radius 1 is 1.35 bits per heavy atom. The summed E-state index contributed by atoms with van der Waals surface area (Å²) in [5, 5.41) is 2.11. The van der Waals surface area contributed by atoms with Crippen molar-refractivity contribution < 1.29 is 14.3 Å². The summed E-state index contributed by atoms with van der Waals surface area (Å²) in [4.78, 5) is 48.8. The minimum Gasteiger partial charge on any atom is -0.464 e. The van der Waals surface area contributed by atoms with Gasteiger partial charge < -0.3 is 10.1 Å². The first-order valence-corrected chi connectivity index (χ1v) is 5.42. The highest BCUT2D eigenvalue weighted by Crippen LogP contribution is 2.06. The molecule has 1 rings (SSSR count). The van der Waals surface area contributed by atoms with Gasteiger partial charge in [-0.2, -0.15) is 0 Å². The first-order chi connectivity index (χ1) is 7.99. The number of aromatic nitrogens is 2. The zero-order valence-corrected chi connectivity index (χ0v) is 10.2. The number of alkyl halides is 1. The number of hydrogen-bond acceptors (Lipinski definition) is 5. The summed E-state index contributed by atoms with van der Waals surface area (Å²) < 4.78 is 4.38. The van der Waals surface area contributed by atoms with Crippen LogP contribution in [0.4, 0.5) is 5.69 Å². The number of carbonyl (C=O) groups excluding carboxylic acids is 2. The molecule has 8 nitrogen and oxygen atoms in total. The maximum atomic E-state index is 11.4. The Bertz CT molecular complexity index is 561. The summed E-state index contributed by atoms with van der Waals surface area (Å²) >= 11 is 2.88. The third kappa shape index (κ3) is 3.03. The van der Waals surface area contributed by atoms with E-state index in [0.29, 0.717) is 0 Å². The Morgan fingerprint density at radius 2 is 2.00 bits per heavy atom. The highest BCUT2D eigenvalue weighted by molar-refractivity contribution is 9.09. The molecule has 17 heavy (non-hydrogen) atoms. The topological polar surface area (TPSA) is 121 Å². The second kappa shape index (κ2) is 5.43. The Kier molecular flexibility index (Phi) is 4.21. The zero-order chi connectivity index (χ0) is 13.0. The lowest BCUT2D eigenvalue weighted by Gasteiger charge is -2.06. The van der Waals surface area contributed by atoms with Crippen LogP contribution in [0.25, 0.3) is 0 Å². The van der Waals surface area contributed by atoms with Crippen molar-refractivity contribution in [3.8, 4) is 0 Å². The summed E-state index contributed by atoms with van der Waals surface area (Å²) in [6.45, 7) is 0.